The van der Waals surface area contributed by atoms with Crippen molar-refractivity contribution in [3.63, 3.8) is 0 Å². The average Bonchev–Trinajstić information content (AvgIpc) is 3.27. The van der Waals surface area contributed by atoms with E-state index in [1.807, 2.05) is 23.1 Å². The quantitative estimate of drug-likeness (QED) is 0.687. The van der Waals surface area contributed by atoms with Crippen molar-refractivity contribution in [2.75, 3.05) is 5.32 Å². The molecule has 0 spiro atoms. The Morgan fingerprint density at radius 1 is 1.19 bits per heavy atom. The fourth-order valence-corrected chi connectivity index (χ4v) is 4.71. The first kappa shape index (κ1) is 16.2. The van der Waals surface area contributed by atoms with Crippen molar-refractivity contribution >= 4 is 22.5 Å². The largest absolute Gasteiger partial charge is 0.324 e. The first-order valence-corrected chi connectivity index (χ1v) is 9.49. The van der Waals surface area contributed by atoms with E-state index in [1.165, 1.54) is 17.5 Å². The highest BCUT2D eigenvalue weighted by Crippen LogP contribution is 2.44. The van der Waals surface area contributed by atoms with Gasteiger partial charge >= 0.3 is 6.03 Å². The fourth-order valence-electron chi connectivity index (χ4n) is 3.97. The summed E-state index contributed by atoms with van der Waals surface area (Å²) in [4.78, 5) is 22.5. The van der Waals surface area contributed by atoms with Crippen LogP contribution in [0.5, 0.6) is 0 Å². The molecule has 9 heteroatoms. The minimum Gasteiger partial charge on any atom is -0.314 e. The number of hydrogen-bond acceptors (Lipinski definition) is 6. The van der Waals surface area contributed by atoms with Crippen LogP contribution in [0.15, 0.2) is 36.8 Å². The van der Waals surface area contributed by atoms with Crippen molar-refractivity contribution in [1.29, 1.82) is 0 Å². The molecule has 1 N–H and O–H groups in total. The Hall–Kier alpha value is -2.94. The van der Waals surface area contributed by atoms with Gasteiger partial charge in [0.05, 0.1) is 6.04 Å². The van der Waals surface area contributed by atoms with E-state index < -0.39 is 5.95 Å². The molecule has 0 unspecified atom stereocenters. The third-order valence-electron chi connectivity index (χ3n) is 5.14. The molecule has 3 aromatic rings. The van der Waals surface area contributed by atoms with E-state index in [4.69, 9.17) is 0 Å². The van der Waals surface area contributed by atoms with Gasteiger partial charge in [-0.05, 0) is 43.0 Å². The van der Waals surface area contributed by atoms with Crippen LogP contribution in [0.3, 0.4) is 0 Å². The van der Waals surface area contributed by atoms with Crippen LogP contribution in [0.2, 0.25) is 0 Å². The second-order valence-electron chi connectivity index (χ2n) is 6.61. The van der Waals surface area contributed by atoms with Crippen molar-refractivity contribution in [2.24, 2.45) is 0 Å². The summed E-state index contributed by atoms with van der Waals surface area (Å²) in [6, 6.07) is 5.14. The molecule has 2 bridgehead atoms. The van der Waals surface area contributed by atoms with E-state index >= 15 is 0 Å². The molecule has 2 aliphatic rings. The number of carbonyl (C=O) groups excluding carboxylic acids is 1. The lowest BCUT2D eigenvalue weighted by atomic mass is 9.95. The molecule has 2 amide bonds. The number of halogens is 1. The lowest BCUT2D eigenvalue weighted by Gasteiger charge is -2.35. The summed E-state index contributed by atoms with van der Waals surface area (Å²) < 4.78 is 14.0. The van der Waals surface area contributed by atoms with Gasteiger partial charge in [0, 0.05) is 35.8 Å². The molecule has 0 radical (unpaired) electrons. The molecule has 5 heterocycles. The number of hydrogen-bond donors (Lipinski definition) is 1. The highest BCUT2D eigenvalue weighted by Gasteiger charge is 2.43. The van der Waals surface area contributed by atoms with Gasteiger partial charge in [0.25, 0.3) is 0 Å². The predicted octanol–water partition coefficient (Wildman–Crippen LogP) is 3.43. The van der Waals surface area contributed by atoms with Gasteiger partial charge in [-0.25, -0.2) is 9.78 Å². The summed E-state index contributed by atoms with van der Waals surface area (Å²) in [5, 5.41) is 12.2. The van der Waals surface area contributed by atoms with Gasteiger partial charge in [-0.2, -0.15) is 4.39 Å². The molecule has 1 saturated heterocycles. The minimum absolute atomic E-state index is 0.0196. The SMILES string of the molecule is O=C(Nc1nnc(-c2ccncc2)s1)N1[C@@H]2CC[C@H]1c1ccnc(F)c1C2. The van der Waals surface area contributed by atoms with Crippen molar-refractivity contribution in [3.8, 4) is 10.6 Å². The second-order valence-corrected chi connectivity index (χ2v) is 7.58. The molecular formula is C18H15FN6OS. The molecule has 5 rings (SSSR count). The molecular weight excluding hydrogens is 367 g/mol. The number of carbonyl (C=O) groups is 1. The first-order valence-electron chi connectivity index (χ1n) is 8.67. The predicted molar refractivity (Wildman–Crippen MR) is 97.7 cm³/mol. The van der Waals surface area contributed by atoms with Crippen molar-refractivity contribution in [2.45, 2.75) is 31.3 Å². The van der Waals surface area contributed by atoms with Crippen LogP contribution in [0.4, 0.5) is 14.3 Å². The van der Waals surface area contributed by atoms with Gasteiger partial charge in [0.15, 0.2) is 0 Å². The lowest BCUT2D eigenvalue weighted by molar-refractivity contribution is 0.178. The van der Waals surface area contributed by atoms with Crippen molar-refractivity contribution in [3.05, 3.63) is 53.9 Å². The minimum atomic E-state index is -0.421. The van der Waals surface area contributed by atoms with Crippen LogP contribution in [-0.4, -0.2) is 37.1 Å². The van der Waals surface area contributed by atoms with E-state index in [9.17, 15) is 9.18 Å². The summed E-state index contributed by atoms with van der Waals surface area (Å²) >= 11 is 1.31. The zero-order valence-electron chi connectivity index (χ0n) is 14.2. The lowest BCUT2D eigenvalue weighted by Crippen LogP contribution is -2.44. The standard InChI is InChI=1S/C18H15FN6OS/c19-15-13-9-11-1-2-14(12(13)5-8-21-15)25(11)18(26)22-17-24-23-16(27-17)10-3-6-20-7-4-10/h3-8,11,14H,1-2,9H2,(H,22,24,26)/t11-,14+/m1/s1. The zero-order chi connectivity index (χ0) is 18.4. The summed E-state index contributed by atoms with van der Waals surface area (Å²) in [6.45, 7) is 0. The van der Waals surface area contributed by atoms with Gasteiger partial charge in [0.2, 0.25) is 11.1 Å². The van der Waals surface area contributed by atoms with Gasteiger partial charge in [-0.3, -0.25) is 10.3 Å². The molecule has 7 nitrogen and oxygen atoms in total. The van der Waals surface area contributed by atoms with Gasteiger partial charge in [-0.15, -0.1) is 10.2 Å². The molecule has 0 aromatic carbocycles. The van der Waals surface area contributed by atoms with Gasteiger partial charge in [0.1, 0.15) is 5.01 Å². The summed E-state index contributed by atoms with van der Waals surface area (Å²) in [6.07, 6.45) is 7.02. The third kappa shape index (κ3) is 2.74. The maximum absolute atomic E-state index is 14.0. The molecule has 0 aliphatic carbocycles. The molecule has 136 valence electrons. The number of pyridine rings is 2. The highest BCUT2D eigenvalue weighted by atomic mass is 32.1. The van der Waals surface area contributed by atoms with Crippen LogP contribution < -0.4 is 5.32 Å². The van der Waals surface area contributed by atoms with Crippen molar-refractivity contribution < 1.29 is 9.18 Å². The normalized spacial score (nSPS) is 20.4. The summed E-state index contributed by atoms with van der Waals surface area (Å²) in [5.74, 6) is -0.421. The Morgan fingerprint density at radius 2 is 2.04 bits per heavy atom. The van der Waals surface area contributed by atoms with Gasteiger partial charge < -0.3 is 4.90 Å². The van der Waals surface area contributed by atoms with E-state index in [0.717, 1.165) is 24.0 Å². The number of amides is 2. The van der Waals surface area contributed by atoms with E-state index in [0.29, 0.717) is 22.1 Å². The van der Waals surface area contributed by atoms with Crippen LogP contribution in [0, 0.1) is 5.95 Å². The number of nitrogens with zero attached hydrogens (tertiary/aromatic N) is 5. The smallest absolute Gasteiger partial charge is 0.314 e. The Balaban J connectivity index is 1.37. The summed E-state index contributed by atoms with van der Waals surface area (Å²) in [5.41, 5.74) is 2.41. The maximum atomic E-state index is 14.0. The van der Waals surface area contributed by atoms with Crippen LogP contribution in [0.25, 0.3) is 10.6 Å². The van der Waals surface area contributed by atoms with Crippen LogP contribution in [-0.2, 0) is 6.42 Å². The number of nitrogens with one attached hydrogen (secondary N) is 1. The number of urea groups is 1. The van der Waals surface area contributed by atoms with E-state index in [-0.39, 0.29) is 18.1 Å². The zero-order valence-corrected chi connectivity index (χ0v) is 15.0. The topological polar surface area (TPSA) is 83.9 Å². The Morgan fingerprint density at radius 3 is 2.89 bits per heavy atom. The molecule has 2 aliphatic heterocycles. The number of aromatic nitrogens is 4. The third-order valence-corrected chi connectivity index (χ3v) is 6.03. The highest BCUT2D eigenvalue weighted by molar-refractivity contribution is 7.18. The van der Waals surface area contributed by atoms with Crippen LogP contribution >= 0.6 is 11.3 Å². The maximum Gasteiger partial charge on any atom is 0.324 e. The molecule has 1 fully saturated rings. The number of fused-ring (bicyclic) bond motifs is 4. The Labute approximate surface area is 158 Å². The summed E-state index contributed by atoms with van der Waals surface area (Å²) in [7, 11) is 0. The Kier molecular flexibility index (Phi) is 3.82. The molecule has 0 saturated carbocycles. The van der Waals surface area contributed by atoms with Crippen molar-refractivity contribution in [1.82, 2.24) is 25.1 Å². The monoisotopic (exact) mass is 382 g/mol. The fraction of sp³-hybridized carbons (Fsp3) is 0.278. The molecule has 27 heavy (non-hydrogen) atoms. The van der Waals surface area contributed by atoms with E-state index in [2.05, 4.69) is 25.5 Å². The second kappa shape index (κ2) is 6.34. The average molecular weight is 382 g/mol. The molecule has 2 atom stereocenters. The van der Waals surface area contributed by atoms with Gasteiger partial charge in [-0.1, -0.05) is 11.3 Å². The number of rotatable bonds is 2. The molecule has 3 aromatic heterocycles. The van der Waals surface area contributed by atoms with E-state index in [1.54, 1.807) is 12.4 Å². The number of anilines is 1. The first-order chi connectivity index (χ1) is 13.2. The Bertz CT molecular complexity index is 1010. The van der Waals surface area contributed by atoms with Crippen LogP contribution in [0.1, 0.15) is 30.0 Å².